The molecule has 43 nitrogen and oxygen atoms in total. The Morgan fingerprint density at radius 2 is 0.613 bits per heavy atom. The SMILES string of the molecule is CC(=O)N[C@H]1[C@H](OCCCCCCNC(=O)CCOC2[C@H](OCCC(=O)NCCCCCCO[C@@H]3O[C@H](COC(C)=O)[C@H](OC(C)=O)[C@H](OC(C)=O)[C@H]3NC(C)=O)CC(C(=O)N(C)CCCCCC(=O)Oc3c(F)c(F)c(F)c(F)c3F)C[C@H]2OCCC(=O)NCCCCCCO[C@@H]2O[C@H](COC(C)=O)[C@H](OC(C)=O)[C@H](OC(C)=O)[C@H]2NC(C)=O)O[C@H](COC(C)=O)[C@H](OC(C)=O)[C@@H]1OC(C)=O. The lowest BCUT2D eigenvalue weighted by molar-refractivity contribution is -0.277. The van der Waals surface area contributed by atoms with Gasteiger partial charge in [0.2, 0.25) is 76.2 Å². The predicted molar refractivity (Wildman–Crippen MR) is 458 cm³/mol. The summed E-state index contributed by atoms with van der Waals surface area (Å²) in [7, 11) is 1.50. The van der Waals surface area contributed by atoms with E-state index in [9.17, 15) is 103 Å². The van der Waals surface area contributed by atoms with Gasteiger partial charge in [0.25, 0.3) is 0 Å². The zero-order chi connectivity index (χ0) is 102. The Hall–Kier alpha value is -10.5. The van der Waals surface area contributed by atoms with Gasteiger partial charge in [-0.05, 0) is 64.2 Å². The standard InChI is InChI=1S/C89H132F5N7O36/c1-48(102)98-75-83(131-57(10)111)79(128-54(7)108)63(45-125-51(4)105)134-87(75)122-37-26-17-14-22-33-95-66(114)30-40-119-61-43-60(86(118)101(13)36-25-20-21-29-69(117)137-82-73(93)71(91)70(90)72(92)74(82)94)44-62(120-41-31-67(115)96-34-23-15-18-27-38-123-88-76(99-49(2)103)84(132-58(11)112)80(129-55(8)109)64(135-88)46-126-52(5)106)78(61)121-42-32-68(116)97-35-24-16-19-28-39-124-89-77(100-50(3)104)85(133-59(12)113)81(130-56(9)110)65(136-89)47-127-53(6)107/h60-65,75-81,83-85,87-89H,14-47H2,1-13H3,(H,95,114)(H,96,115)(H,97,116)(H,98,102)(H,99,103)(H,100,104)/t60?,61-,62-,63-,64-,65-,75-,76-,77-,78?,79+,80+,81+,83-,84-,85-,87-,88-,89-/m1/s1. The highest BCUT2D eigenvalue weighted by atomic mass is 19.2. The molecule has 4 fully saturated rings. The first-order valence-electron chi connectivity index (χ1n) is 45.6. The summed E-state index contributed by atoms with van der Waals surface area (Å²) < 4.78 is 179. The number of nitrogens with one attached hydrogen (secondary N) is 6. The highest BCUT2D eigenvalue weighted by molar-refractivity contribution is 5.80. The molecule has 3 aliphatic heterocycles. The van der Waals surface area contributed by atoms with Gasteiger partial charge in [-0.2, -0.15) is 8.78 Å². The van der Waals surface area contributed by atoms with Crippen molar-refractivity contribution in [3.63, 3.8) is 0 Å². The maximum absolute atomic E-state index is 14.6. The van der Waals surface area contributed by atoms with Crippen LogP contribution in [0.2, 0.25) is 0 Å². The molecule has 0 unspecified atom stereocenters. The lowest BCUT2D eigenvalue weighted by atomic mass is 9.82. The average Bonchev–Trinajstić information content (AvgIpc) is 0.799. The quantitative estimate of drug-likeness (QED) is 0.0102. The van der Waals surface area contributed by atoms with Crippen molar-refractivity contribution in [1.29, 1.82) is 0 Å². The molecule has 1 aliphatic carbocycles. The van der Waals surface area contributed by atoms with Crippen LogP contribution in [0.15, 0.2) is 0 Å². The number of unbranched alkanes of at least 4 members (excludes halogenated alkanes) is 11. The molecular formula is C89H132F5N7O36. The molecule has 0 aromatic heterocycles. The van der Waals surface area contributed by atoms with Crippen molar-refractivity contribution in [2.75, 3.05) is 92.7 Å². The minimum Gasteiger partial charge on any atom is -0.463 e. The Morgan fingerprint density at radius 3 is 0.920 bits per heavy atom. The van der Waals surface area contributed by atoms with Gasteiger partial charge in [-0.3, -0.25) is 81.5 Å². The van der Waals surface area contributed by atoms with E-state index in [-0.39, 0.29) is 117 Å². The topological polar surface area (TPSA) is 541 Å². The van der Waals surface area contributed by atoms with Crippen molar-refractivity contribution in [3.8, 4) is 5.75 Å². The van der Waals surface area contributed by atoms with Crippen LogP contribution in [0.3, 0.4) is 0 Å². The van der Waals surface area contributed by atoms with Crippen LogP contribution < -0.4 is 36.6 Å². The minimum absolute atomic E-state index is 0.00684. The van der Waals surface area contributed by atoms with E-state index in [4.69, 9.17) is 85.3 Å². The Kier molecular flexibility index (Phi) is 52.7. The van der Waals surface area contributed by atoms with Gasteiger partial charge in [-0.25, -0.2) is 13.2 Å². The molecule has 1 aromatic rings. The summed E-state index contributed by atoms with van der Waals surface area (Å²) in [6.07, 6.45) is -13.1. The summed E-state index contributed by atoms with van der Waals surface area (Å²) in [5, 5.41) is 16.5. The van der Waals surface area contributed by atoms with E-state index in [0.717, 1.165) is 62.3 Å². The number of esters is 10. The van der Waals surface area contributed by atoms with Crippen LogP contribution in [0.1, 0.15) is 218 Å². The molecule has 7 amide bonds. The zero-order valence-corrected chi connectivity index (χ0v) is 79.5. The maximum atomic E-state index is 14.6. The van der Waals surface area contributed by atoms with Gasteiger partial charge in [0.1, 0.15) is 62.4 Å². The third kappa shape index (κ3) is 42.8. The Balaban J connectivity index is 1.27. The molecule has 137 heavy (non-hydrogen) atoms. The van der Waals surface area contributed by atoms with Gasteiger partial charge in [0.05, 0.1) is 32.0 Å². The van der Waals surface area contributed by atoms with Crippen LogP contribution in [0.5, 0.6) is 5.75 Å². The van der Waals surface area contributed by atoms with E-state index < -0.39 is 278 Å². The third-order valence-electron chi connectivity index (χ3n) is 21.5. The molecule has 1 saturated carbocycles. The maximum Gasteiger partial charge on any atom is 0.311 e. The molecular weight excluding hydrogens is 1840 g/mol. The normalized spacial score (nSPS) is 23.9. The van der Waals surface area contributed by atoms with Gasteiger partial charge in [-0.15, -0.1) is 0 Å². The van der Waals surface area contributed by atoms with Gasteiger partial charge < -0.3 is 127 Å². The molecule has 3 heterocycles. The van der Waals surface area contributed by atoms with Crippen LogP contribution in [0.25, 0.3) is 0 Å². The molecule has 0 radical (unpaired) electrons. The van der Waals surface area contributed by atoms with E-state index in [1.165, 1.54) is 32.7 Å². The van der Waals surface area contributed by atoms with Crippen LogP contribution in [0.4, 0.5) is 22.0 Å². The Labute approximate surface area is 789 Å². The fourth-order valence-corrected chi connectivity index (χ4v) is 15.4. The first kappa shape index (κ1) is 117. The van der Waals surface area contributed by atoms with Crippen LogP contribution in [0, 0.1) is 35.0 Å². The summed E-state index contributed by atoms with van der Waals surface area (Å²) >= 11 is 0. The van der Waals surface area contributed by atoms with Crippen LogP contribution in [-0.4, -0.2) is 309 Å². The molecule has 1 aromatic carbocycles. The zero-order valence-electron chi connectivity index (χ0n) is 79.5. The molecule has 3 saturated heterocycles. The number of hydrogen-bond acceptors (Lipinski definition) is 36. The smallest absolute Gasteiger partial charge is 0.311 e. The summed E-state index contributed by atoms with van der Waals surface area (Å²) in [5.41, 5.74) is 0. The van der Waals surface area contributed by atoms with Crippen molar-refractivity contribution >= 4 is 101 Å². The summed E-state index contributed by atoms with van der Waals surface area (Å²) in [4.78, 5) is 216. The monoisotopic (exact) mass is 1970 g/mol. The highest BCUT2D eigenvalue weighted by Gasteiger charge is 2.55. The number of amides is 7. The molecule has 5 rings (SSSR count). The molecule has 48 heteroatoms. The lowest BCUT2D eigenvalue weighted by Gasteiger charge is -2.44. The first-order valence-corrected chi connectivity index (χ1v) is 45.6. The second-order valence-electron chi connectivity index (χ2n) is 33.1. The summed E-state index contributed by atoms with van der Waals surface area (Å²) in [6, 6.07) is -3.53. The molecule has 4 aliphatic rings. The molecule has 774 valence electrons. The lowest BCUT2D eigenvalue weighted by Crippen LogP contribution is -2.66. The fraction of sp³-hybridized carbons (Fsp3) is 0.742. The van der Waals surface area contributed by atoms with E-state index in [2.05, 4.69) is 36.6 Å². The van der Waals surface area contributed by atoms with Crippen molar-refractivity contribution in [1.82, 2.24) is 36.8 Å². The van der Waals surface area contributed by atoms with E-state index >= 15 is 0 Å². The average molecular weight is 1970 g/mol. The summed E-state index contributed by atoms with van der Waals surface area (Å²) in [5.74, 6) is -25.8. The largest absolute Gasteiger partial charge is 0.463 e. The van der Waals surface area contributed by atoms with Crippen molar-refractivity contribution in [3.05, 3.63) is 29.1 Å². The minimum atomic E-state index is -2.44. The molecule has 0 bridgehead atoms. The van der Waals surface area contributed by atoms with E-state index in [0.29, 0.717) is 77.0 Å². The Bertz CT molecular complexity index is 3990. The van der Waals surface area contributed by atoms with E-state index in [1.807, 2.05) is 0 Å². The second kappa shape index (κ2) is 61.7. The number of hydrogen-bond donors (Lipinski definition) is 6. The van der Waals surface area contributed by atoms with Gasteiger partial charge in [0.15, 0.2) is 55.5 Å². The number of ether oxygens (including phenoxy) is 19. The first-order chi connectivity index (χ1) is 65.0. The highest BCUT2D eigenvalue weighted by Crippen LogP contribution is 2.37. The summed E-state index contributed by atoms with van der Waals surface area (Å²) in [6.45, 7) is 12.6. The van der Waals surface area contributed by atoms with Crippen molar-refractivity contribution in [2.24, 2.45) is 5.92 Å². The number of nitrogens with zero attached hydrogens (tertiary/aromatic N) is 1. The molecule has 17 atom stereocenters. The molecule has 6 N–H and O–H groups in total. The van der Waals surface area contributed by atoms with Crippen LogP contribution in [-0.2, 0) is 167 Å². The van der Waals surface area contributed by atoms with Gasteiger partial charge in [-0.1, -0.05) is 44.9 Å². The fourth-order valence-electron chi connectivity index (χ4n) is 15.4. The Morgan fingerprint density at radius 1 is 0.321 bits per heavy atom. The second-order valence-corrected chi connectivity index (χ2v) is 33.1. The van der Waals surface area contributed by atoms with Crippen LogP contribution >= 0.6 is 0 Å². The van der Waals surface area contributed by atoms with Gasteiger partial charge >= 0.3 is 59.7 Å². The van der Waals surface area contributed by atoms with Crippen molar-refractivity contribution in [2.45, 2.75) is 328 Å². The third-order valence-corrected chi connectivity index (χ3v) is 21.5. The predicted octanol–water partition coefficient (Wildman–Crippen LogP) is 4.09. The number of benzene rings is 1. The number of rotatable bonds is 59. The van der Waals surface area contributed by atoms with Crippen molar-refractivity contribution < 1.29 is 193 Å². The van der Waals surface area contributed by atoms with Gasteiger partial charge in [0, 0.05) is 168 Å². The molecule has 0 spiro atoms. The number of halogens is 5. The number of carbonyl (C=O) groups excluding carboxylic acids is 17. The number of carbonyl (C=O) groups is 17. The van der Waals surface area contributed by atoms with E-state index in [1.54, 1.807) is 0 Å².